The summed E-state index contributed by atoms with van der Waals surface area (Å²) in [6.45, 7) is 9.37. The van der Waals surface area contributed by atoms with Crippen LogP contribution in [0.2, 0.25) is 0 Å². The fourth-order valence-electron chi connectivity index (χ4n) is 2.97. The van der Waals surface area contributed by atoms with Gasteiger partial charge in [0.1, 0.15) is 5.82 Å². The van der Waals surface area contributed by atoms with Crippen LogP contribution in [0.3, 0.4) is 0 Å². The van der Waals surface area contributed by atoms with E-state index in [4.69, 9.17) is 4.98 Å². The number of rotatable bonds is 5. The normalized spacial score (nSPS) is 15.8. The van der Waals surface area contributed by atoms with E-state index in [1.807, 2.05) is 12.3 Å². The van der Waals surface area contributed by atoms with Crippen molar-refractivity contribution in [2.45, 2.75) is 26.4 Å². The number of piperazine rings is 1. The van der Waals surface area contributed by atoms with Gasteiger partial charge in [-0.05, 0) is 32.5 Å². The summed E-state index contributed by atoms with van der Waals surface area (Å²) in [5.74, 6) is 1.84. The van der Waals surface area contributed by atoms with Crippen molar-refractivity contribution in [3.63, 3.8) is 0 Å². The van der Waals surface area contributed by atoms with Crippen LogP contribution in [0, 0.1) is 0 Å². The van der Waals surface area contributed by atoms with Gasteiger partial charge in [0.25, 0.3) is 0 Å². The summed E-state index contributed by atoms with van der Waals surface area (Å²) >= 11 is 0. The number of nitrogens with zero attached hydrogens (tertiary/aromatic N) is 5. The van der Waals surface area contributed by atoms with Crippen molar-refractivity contribution in [3.8, 4) is 0 Å². The van der Waals surface area contributed by atoms with Gasteiger partial charge >= 0.3 is 0 Å². The maximum atomic E-state index is 4.86. The van der Waals surface area contributed by atoms with Gasteiger partial charge in [-0.25, -0.2) is 4.98 Å². The molecule has 0 aliphatic carbocycles. The van der Waals surface area contributed by atoms with E-state index >= 15 is 0 Å². The highest BCUT2D eigenvalue weighted by Gasteiger charge is 2.19. The summed E-state index contributed by atoms with van der Waals surface area (Å²) in [5.41, 5.74) is 1.30. The molecule has 0 saturated carbocycles. The van der Waals surface area contributed by atoms with Gasteiger partial charge in [-0.2, -0.15) is 4.98 Å². The highest BCUT2D eigenvalue weighted by molar-refractivity contribution is 5.45. The molecular weight excluding hydrogens is 298 g/mol. The molecule has 5 nitrogen and oxygen atoms in total. The van der Waals surface area contributed by atoms with Crippen molar-refractivity contribution in [3.05, 3.63) is 48.2 Å². The van der Waals surface area contributed by atoms with Crippen LogP contribution in [0.25, 0.3) is 0 Å². The zero-order valence-corrected chi connectivity index (χ0v) is 14.9. The molecule has 0 N–H and O–H groups in total. The fourth-order valence-corrected chi connectivity index (χ4v) is 2.97. The lowest BCUT2D eigenvalue weighted by molar-refractivity contribution is 0.311. The summed E-state index contributed by atoms with van der Waals surface area (Å²) in [7, 11) is 2.16. The lowest BCUT2D eigenvalue weighted by Gasteiger charge is -2.33. The molecule has 0 atom stereocenters. The molecule has 24 heavy (non-hydrogen) atoms. The molecule has 2 aromatic rings. The van der Waals surface area contributed by atoms with Gasteiger partial charge in [0, 0.05) is 45.0 Å². The summed E-state index contributed by atoms with van der Waals surface area (Å²) < 4.78 is 0. The van der Waals surface area contributed by atoms with E-state index in [0.717, 1.165) is 44.5 Å². The second-order valence-corrected chi connectivity index (χ2v) is 6.71. The topological polar surface area (TPSA) is 35.5 Å². The zero-order chi connectivity index (χ0) is 16.9. The summed E-state index contributed by atoms with van der Waals surface area (Å²) in [5, 5.41) is 0. The van der Waals surface area contributed by atoms with Gasteiger partial charge in [-0.1, -0.05) is 30.3 Å². The quantitative estimate of drug-likeness (QED) is 0.844. The van der Waals surface area contributed by atoms with Crippen LogP contribution < -0.4 is 9.80 Å². The number of hydrogen-bond donors (Lipinski definition) is 0. The first kappa shape index (κ1) is 16.7. The van der Waals surface area contributed by atoms with Crippen molar-refractivity contribution in [2.75, 3.05) is 43.0 Å². The van der Waals surface area contributed by atoms with E-state index in [-0.39, 0.29) is 0 Å². The Labute approximate surface area is 144 Å². The third-order valence-electron chi connectivity index (χ3n) is 4.53. The van der Waals surface area contributed by atoms with Crippen LogP contribution in [0.1, 0.15) is 19.4 Å². The summed E-state index contributed by atoms with van der Waals surface area (Å²) in [6, 6.07) is 12.9. The van der Waals surface area contributed by atoms with Gasteiger partial charge < -0.3 is 14.7 Å². The van der Waals surface area contributed by atoms with E-state index in [2.05, 4.69) is 70.9 Å². The molecule has 0 spiro atoms. The summed E-state index contributed by atoms with van der Waals surface area (Å²) in [4.78, 5) is 16.3. The Kier molecular flexibility index (Phi) is 5.30. The van der Waals surface area contributed by atoms with Crippen molar-refractivity contribution in [1.82, 2.24) is 14.9 Å². The second kappa shape index (κ2) is 7.62. The van der Waals surface area contributed by atoms with E-state index < -0.39 is 0 Å². The Balaban J connectivity index is 1.79. The Morgan fingerprint density at radius 2 is 1.75 bits per heavy atom. The van der Waals surface area contributed by atoms with Gasteiger partial charge in [0.05, 0.1) is 0 Å². The van der Waals surface area contributed by atoms with Crippen LogP contribution in [0.4, 0.5) is 11.8 Å². The Hall–Kier alpha value is -2.14. The van der Waals surface area contributed by atoms with Crippen LogP contribution >= 0.6 is 0 Å². The molecule has 1 aromatic heterocycles. The molecule has 0 radical (unpaired) electrons. The predicted molar refractivity (Wildman–Crippen MR) is 99.5 cm³/mol. The smallest absolute Gasteiger partial charge is 0.227 e. The van der Waals surface area contributed by atoms with Crippen LogP contribution in [0.15, 0.2) is 42.6 Å². The first-order chi connectivity index (χ1) is 11.6. The number of aromatic nitrogens is 2. The van der Waals surface area contributed by atoms with Gasteiger partial charge in [0.15, 0.2) is 0 Å². The maximum Gasteiger partial charge on any atom is 0.227 e. The van der Waals surface area contributed by atoms with Crippen LogP contribution in [-0.4, -0.2) is 54.1 Å². The van der Waals surface area contributed by atoms with E-state index in [1.54, 1.807) is 0 Å². The number of benzene rings is 1. The monoisotopic (exact) mass is 325 g/mol. The molecular formula is C19H27N5. The first-order valence-electron chi connectivity index (χ1n) is 8.70. The molecule has 1 aliphatic rings. The average Bonchev–Trinajstić information content (AvgIpc) is 2.61. The van der Waals surface area contributed by atoms with Crippen molar-refractivity contribution >= 4 is 11.8 Å². The molecule has 2 heterocycles. The predicted octanol–water partition coefficient (Wildman–Crippen LogP) is 2.64. The molecule has 5 heteroatoms. The Morgan fingerprint density at radius 3 is 2.42 bits per heavy atom. The lowest BCUT2D eigenvalue weighted by Crippen LogP contribution is -2.45. The molecule has 0 bridgehead atoms. The largest absolute Gasteiger partial charge is 0.350 e. The second-order valence-electron chi connectivity index (χ2n) is 6.71. The van der Waals surface area contributed by atoms with Crippen molar-refractivity contribution in [2.24, 2.45) is 0 Å². The minimum absolute atomic E-state index is 0.375. The molecule has 128 valence electrons. The third kappa shape index (κ3) is 4.03. The zero-order valence-electron chi connectivity index (χ0n) is 14.9. The Bertz CT molecular complexity index is 635. The van der Waals surface area contributed by atoms with E-state index in [1.165, 1.54) is 5.56 Å². The van der Waals surface area contributed by atoms with Crippen LogP contribution in [-0.2, 0) is 6.54 Å². The third-order valence-corrected chi connectivity index (χ3v) is 4.53. The minimum atomic E-state index is 0.375. The summed E-state index contributed by atoms with van der Waals surface area (Å²) in [6.07, 6.45) is 1.89. The molecule has 1 saturated heterocycles. The molecule has 1 aliphatic heterocycles. The minimum Gasteiger partial charge on any atom is -0.350 e. The SMILES string of the molecule is CC(C)N(Cc1ccccc1)c1ccnc(N2CCN(C)CC2)n1. The van der Waals surface area contributed by atoms with Crippen molar-refractivity contribution in [1.29, 1.82) is 0 Å². The number of hydrogen-bond acceptors (Lipinski definition) is 5. The highest BCUT2D eigenvalue weighted by Crippen LogP contribution is 2.20. The maximum absolute atomic E-state index is 4.86. The fraction of sp³-hybridized carbons (Fsp3) is 0.474. The van der Waals surface area contributed by atoms with Gasteiger partial charge in [-0.15, -0.1) is 0 Å². The van der Waals surface area contributed by atoms with E-state index in [9.17, 15) is 0 Å². The molecule has 0 unspecified atom stereocenters. The van der Waals surface area contributed by atoms with Crippen LogP contribution in [0.5, 0.6) is 0 Å². The highest BCUT2D eigenvalue weighted by atomic mass is 15.3. The Morgan fingerprint density at radius 1 is 1.04 bits per heavy atom. The standard InChI is InChI=1S/C19H27N5/c1-16(2)24(15-17-7-5-4-6-8-17)18-9-10-20-19(21-18)23-13-11-22(3)12-14-23/h4-10,16H,11-15H2,1-3H3. The number of likely N-dealkylation sites (N-methyl/N-ethyl adjacent to an activating group) is 1. The molecule has 3 rings (SSSR count). The average molecular weight is 325 g/mol. The molecule has 1 aromatic carbocycles. The van der Waals surface area contributed by atoms with Gasteiger partial charge in [-0.3, -0.25) is 0 Å². The first-order valence-corrected chi connectivity index (χ1v) is 8.70. The lowest BCUT2D eigenvalue weighted by atomic mass is 10.2. The number of anilines is 2. The molecule has 1 fully saturated rings. The van der Waals surface area contributed by atoms with E-state index in [0.29, 0.717) is 6.04 Å². The van der Waals surface area contributed by atoms with Gasteiger partial charge in [0.2, 0.25) is 5.95 Å². The molecule has 0 amide bonds. The van der Waals surface area contributed by atoms with Crippen molar-refractivity contribution < 1.29 is 0 Å².